The number of ether oxygens (including phenoxy) is 3. The molecule has 21 heavy (non-hydrogen) atoms. The summed E-state index contributed by atoms with van der Waals surface area (Å²) in [5, 5.41) is 0. The molecule has 2 N–H and O–H groups in total. The summed E-state index contributed by atoms with van der Waals surface area (Å²) in [5.41, 5.74) is 6.13. The van der Waals surface area contributed by atoms with Crippen molar-refractivity contribution in [3.05, 3.63) is 29.8 Å². The monoisotopic (exact) mass is 295 g/mol. The largest absolute Gasteiger partial charge is 0.494 e. The Balaban J connectivity index is 2.31. The fraction of sp³-hybridized carbons (Fsp3) is 0.562. The molecular weight excluding hydrogens is 270 g/mol. The molecule has 0 amide bonds. The summed E-state index contributed by atoms with van der Waals surface area (Å²) in [6.07, 6.45) is 2.10. The Labute approximate surface area is 126 Å². The standard InChI is InChI=1S/C16H25NO4/c1-16(17,15(18)20-3)10-4-11-21-14-7-5-13(6-8-14)9-12-19-2/h5-8H,4,9-12,17H2,1-3H3. The number of methoxy groups -OCH3 is 2. The third-order valence-corrected chi connectivity index (χ3v) is 3.28. The zero-order valence-electron chi connectivity index (χ0n) is 13.1. The molecule has 1 aromatic rings. The Morgan fingerprint density at radius 3 is 2.43 bits per heavy atom. The second-order valence-electron chi connectivity index (χ2n) is 5.25. The first-order chi connectivity index (χ1) is 9.99. The zero-order valence-corrected chi connectivity index (χ0v) is 13.1. The Hall–Kier alpha value is -1.59. The average Bonchev–Trinajstić information content (AvgIpc) is 2.49. The molecule has 1 atom stereocenters. The lowest BCUT2D eigenvalue weighted by Gasteiger charge is -2.21. The molecular formula is C16H25NO4. The summed E-state index contributed by atoms with van der Waals surface area (Å²) in [4.78, 5) is 11.4. The van der Waals surface area contributed by atoms with Crippen LogP contribution in [0.3, 0.4) is 0 Å². The molecule has 0 bridgehead atoms. The minimum Gasteiger partial charge on any atom is -0.494 e. The van der Waals surface area contributed by atoms with Gasteiger partial charge in [0.1, 0.15) is 11.3 Å². The molecule has 0 saturated heterocycles. The van der Waals surface area contributed by atoms with Crippen LogP contribution in [0.4, 0.5) is 0 Å². The van der Waals surface area contributed by atoms with Gasteiger partial charge in [-0.1, -0.05) is 12.1 Å². The van der Waals surface area contributed by atoms with Gasteiger partial charge in [0.25, 0.3) is 0 Å². The molecule has 5 nitrogen and oxygen atoms in total. The number of benzene rings is 1. The molecule has 0 fully saturated rings. The molecule has 0 spiro atoms. The van der Waals surface area contributed by atoms with Crippen molar-refractivity contribution >= 4 is 5.97 Å². The lowest BCUT2D eigenvalue weighted by atomic mass is 9.98. The van der Waals surface area contributed by atoms with Crippen LogP contribution in [0.1, 0.15) is 25.3 Å². The fourth-order valence-electron chi connectivity index (χ4n) is 1.94. The summed E-state index contributed by atoms with van der Waals surface area (Å²) in [6.45, 7) is 2.90. The number of nitrogens with two attached hydrogens (primary N) is 1. The highest BCUT2D eigenvalue weighted by molar-refractivity contribution is 5.79. The quantitative estimate of drug-likeness (QED) is 0.557. The van der Waals surface area contributed by atoms with E-state index in [1.807, 2.05) is 24.3 Å². The van der Waals surface area contributed by atoms with Gasteiger partial charge in [0, 0.05) is 7.11 Å². The maximum Gasteiger partial charge on any atom is 0.325 e. The molecule has 0 radical (unpaired) electrons. The molecule has 5 heteroatoms. The van der Waals surface area contributed by atoms with Crippen molar-refractivity contribution in [3.63, 3.8) is 0 Å². The summed E-state index contributed by atoms with van der Waals surface area (Å²) in [6, 6.07) is 7.92. The predicted molar refractivity (Wildman–Crippen MR) is 81.4 cm³/mol. The lowest BCUT2D eigenvalue weighted by molar-refractivity contribution is -0.146. The van der Waals surface area contributed by atoms with Crippen LogP contribution in [0.5, 0.6) is 5.75 Å². The van der Waals surface area contributed by atoms with Crippen LogP contribution in [0, 0.1) is 0 Å². The Morgan fingerprint density at radius 2 is 1.86 bits per heavy atom. The molecule has 1 rings (SSSR count). The zero-order chi connectivity index (χ0) is 15.7. The van der Waals surface area contributed by atoms with Crippen molar-refractivity contribution < 1.29 is 19.0 Å². The van der Waals surface area contributed by atoms with Crippen LogP contribution in [0.15, 0.2) is 24.3 Å². The van der Waals surface area contributed by atoms with Crippen LogP contribution in [0.25, 0.3) is 0 Å². The van der Waals surface area contributed by atoms with Gasteiger partial charge in [-0.05, 0) is 43.9 Å². The molecule has 0 aliphatic rings. The van der Waals surface area contributed by atoms with E-state index in [1.54, 1.807) is 14.0 Å². The van der Waals surface area contributed by atoms with Crippen molar-refractivity contribution in [2.24, 2.45) is 5.73 Å². The smallest absolute Gasteiger partial charge is 0.325 e. The first-order valence-electron chi connectivity index (χ1n) is 7.07. The molecule has 1 unspecified atom stereocenters. The van der Waals surface area contributed by atoms with Gasteiger partial charge in [0.15, 0.2) is 0 Å². The number of hydrogen-bond donors (Lipinski definition) is 1. The molecule has 0 heterocycles. The number of carbonyl (C=O) groups excluding carboxylic acids is 1. The number of rotatable bonds is 9. The van der Waals surface area contributed by atoms with Crippen LogP contribution in [-0.2, 0) is 20.7 Å². The minimum atomic E-state index is -0.956. The minimum absolute atomic E-state index is 0.398. The van der Waals surface area contributed by atoms with Crippen LogP contribution < -0.4 is 10.5 Å². The fourth-order valence-corrected chi connectivity index (χ4v) is 1.94. The van der Waals surface area contributed by atoms with Crippen LogP contribution in [-0.4, -0.2) is 38.9 Å². The average molecular weight is 295 g/mol. The van der Waals surface area contributed by atoms with Crippen LogP contribution in [0.2, 0.25) is 0 Å². The molecule has 0 saturated carbocycles. The van der Waals surface area contributed by atoms with Gasteiger partial charge in [-0.15, -0.1) is 0 Å². The molecule has 0 aromatic heterocycles. The van der Waals surface area contributed by atoms with Crippen LogP contribution >= 0.6 is 0 Å². The second-order valence-corrected chi connectivity index (χ2v) is 5.25. The normalized spacial score (nSPS) is 13.5. The van der Waals surface area contributed by atoms with Gasteiger partial charge in [0.05, 0.1) is 20.3 Å². The van der Waals surface area contributed by atoms with Crippen molar-refractivity contribution in [2.75, 3.05) is 27.4 Å². The highest BCUT2D eigenvalue weighted by Crippen LogP contribution is 2.15. The number of carbonyl (C=O) groups is 1. The van der Waals surface area contributed by atoms with E-state index in [0.717, 1.165) is 12.2 Å². The van der Waals surface area contributed by atoms with Gasteiger partial charge in [0.2, 0.25) is 0 Å². The topological polar surface area (TPSA) is 70.8 Å². The van der Waals surface area contributed by atoms with Gasteiger partial charge in [-0.2, -0.15) is 0 Å². The molecule has 118 valence electrons. The van der Waals surface area contributed by atoms with E-state index >= 15 is 0 Å². The maximum absolute atomic E-state index is 11.4. The van der Waals surface area contributed by atoms with Gasteiger partial charge in [-0.25, -0.2) is 0 Å². The van der Waals surface area contributed by atoms with E-state index in [-0.39, 0.29) is 0 Å². The van der Waals surface area contributed by atoms with E-state index in [2.05, 4.69) is 4.74 Å². The molecule has 0 aliphatic heterocycles. The molecule has 1 aromatic carbocycles. The lowest BCUT2D eigenvalue weighted by Crippen LogP contribution is -2.45. The maximum atomic E-state index is 11.4. The number of esters is 1. The highest BCUT2D eigenvalue weighted by atomic mass is 16.5. The number of hydrogen-bond acceptors (Lipinski definition) is 5. The van der Waals surface area contributed by atoms with E-state index in [0.29, 0.717) is 26.1 Å². The Morgan fingerprint density at radius 1 is 1.19 bits per heavy atom. The summed E-state index contributed by atoms with van der Waals surface area (Å²) in [5.74, 6) is 0.415. The van der Waals surface area contributed by atoms with Gasteiger partial charge >= 0.3 is 5.97 Å². The summed E-state index contributed by atoms with van der Waals surface area (Å²) < 4.78 is 15.3. The van der Waals surface area contributed by atoms with E-state index in [9.17, 15) is 4.79 Å². The third-order valence-electron chi connectivity index (χ3n) is 3.28. The predicted octanol–water partition coefficient (Wildman–Crippen LogP) is 1.92. The van der Waals surface area contributed by atoms with Crippen molar-refractivity contribution in [3.8, 4) is 5.75 Å². The Bertz CT molecular complexity index is 428. The summed E-state index contributed by atoms with van der Waals surface area (Å²) in [7, 11) is 3.03. The van der Waals surface area contributed by atoms with E-state index in [4.69, 9.17) is 15.2 Å². The van der Waals surface area contributed by atoms with Crippen molar-refractivity contribution in [1.82, 2.24) is 0 Å². The van der Waals surface area contributed by atoms with Crippen molar-refractivity contribution in [2.45, 2.75) is 31.7 Å². The Kier molecular flexibility index (Phi) is 7.19. The highest BCUT2D eigenvalue weighted by Gasteiger charge is 2.28. The van der Waals surface area contributed by atoms with Crippen molar-refractivity contribution in [1.29, 1.82) is 0 Å². The molecule has 0 aliphatic carbocycles. The first-order valence-corrected chi connectivity index (χ1v) is 7.07. The van der Waals surface area contributed by atoms with Gasteiger partial charge in [-0.3, -0.25) is 4.79 Å². The first kappa shape index (κ1) is 17.5. The van der Waals surface area contributed by atoms with E-state index in [1.165, 1.54) is 12.7 Å². The van der Waals surface area contributed by atoms with E-state index < -0.39 is 11.5 Å². The second kappa shape index (κ2) is 8.64. The SMILES string of the molecule is COCCc1ccc(OCCCC(C)(N)C(=O)OC)cc1. The third kappa shape index (κ3) is 6.14. The summed E-state index contributed by atoms with van der Waals surface area (Å²) >= 11 is 0. The van der Waals surface area contributed by atoms with Gasteiger partial charge < -0.3 is 19.9 Å².